The summed E-state index contributed by atoms with van der Waals surface area (Å²) in [7, 11) is 0. The van der Waals surface area contributed by atoms with E-state index in [0.29, 0.717) is 12.0 Å². The third kappa shape index (κ3) is 1.72. The van der Waals surface area contributed by atoms with E-state index in [-0.39, 0.29) is 0 Å². The molecule has 1 saturated heterocycles. The highest BCUT2D eigenvalue weighted by Gasteiger charge is 2.38. The van der Waals surface area contributed by atoms with Crippen molar-refractivity contribution in [2.24, 2.45) is 0 Å². The highest BCUT2D eigenvalue weighted by molar-refractivity contribution is 7.10. The fourth-order valence-electron chi connectivity index (χ4n) is 3.65. The van der Waals surface area contributed by atoms with Gasteiger partial charge in [-0.15, -0.1) is 11.3 Å². The second-order valence-electron chi connectivity index (χ2n) is 5.59. The van der Waals surface area contributed by atoms with Gasteiger partial charge in [-0.1, -0.05) is 30.3 Å². The molecule has 3 heteroatoms. The van der Waals surface area contributed by atoms with Crippen molar-refractivity contribution in [1.82, 2.24) is 4.90 Å². The summed E-state index contributed by atoms with van der Waals surface area (Å²) < 4.78 is 0. The Kier molecular flexibility index (Phi) is 2.64. The van der Waals surface area contributed by atoms with E-state index < -0.39 is 0 Å². The number of nitrogen functional groups attached to an aromatic ring is 1. The smallest absolute Gasteiger partial charge is 0.0474 e. The van der Waals surface area contributed by atoms with E-state index in [1.54, 1.807) is 0 Å². The maximum atomic E-state index is 6.24. The van der Waals surface area contributed by atoms with Crippen molar-refractivity contribution in [1.29, 1.82) is 0 Å². The van der Waals surface area contributed by atoms with Gasteiger partial charge in [0, 0.05) is 40.0 Å². The predicted octanol–water partition coefficient (Wildman–Crippen LogP) is 3.61. The van der Waals surface area contributed by atoms with Gasteiger partial charge >= 0.3 is 0 Å². The molecule has 2 N–H and O–H groups in total. The van der Waals surface area contributed by atoms with Crippen LogP contribution in [0.15, 0.2) is 35.7 Å². The summed E-state index contributed by atoms with van der Waals surface area (Å²) in [5.41, 5.74) is 10.1. The molecule has 0 radical (unpaired) electrons. The van der Waals surface area contributed by atoms with Crippen molar-refractivity contribution >= 4 is 17.0 Å². The third-order valence-electron chi connectivity index (χ3n) is 4.52. The molecule has 0 bridgehead atoms. The minimum Gasteiger partial charge on any atom is -0.398 e. The van der Waals surface area contributed by atoms with Crippen LogP contribution in [0.25, 0.3) is 0 Å². The second kappa shape index (κ2) is 4.36. The molecular weight excluding hydrogens is 252 g/mol. The quantitative estimate of drug-likeness (QED) is 0.857. The largest absolute Gasteiger partial charge is 0.398 e. The van der Waals surface area contributed by atoms with Crippen LogP contribution >= 0.6 is 11.3 Å². The number of anilines is 1. The molecule has 1 fully saturated rings. The van der Waals surface area contributed by atoms with Gasteiger partial charge in [0.1, 0.15) is 0 Å². The van der Waals surface area contributed by atoms with Crippen LogP contribution in [-0.2, 0) is 0 Å². The van der Waals surface area contributed by atoms with Crippen molar-refractivity contribution in [3.8, 4) is 0 Å². The molecule has 1 aromatic heterocycles. The lowest BCUT2D eigenvalue weighted by Gasteiger charge is -2.35. The summed E-state index contributed by atoms with van der Waals surface area (Å²) in [5, 5.41) is 2.14. The van der Waals surface area contributed by atoms with E-state index >= 15 is 0 Å². The van der Waals surface area contributed by atoms with E-state index in [9.17, 15) is 0 Å². The molecule has 3 heterocycles. The SMILES string of the molecule is Nc1csc2c1C1CCCN1CC2c1ccccc1. The topological polar surface area (TPSA) is 29.3 Å². The normalized spacial score (nSPS) is 26.1. The van der Waals surface area contributed by atoms with E-state index in [0.717, 1.165) is 12.2 Å². The van der Waals surface area contributed by atoms with Crippen LogP contribution in [0.1, 0.15) is 40.8 Å². The number of hydrogen-bond acceptors (Lipinski definition) is 3. The van der Waals surface area contributed by atoms with E-state index in [1.165, 1.54) is 35.4 Å². The summed E-state index contributed by atoms with van der Waals surface area (Å²) >= 11 is 1.85. The molecule has 2 unspecified atom stereocenters. The van der Waals surface area contributed by atoms with Gasteiger partial charge in [-0.3, -0.25) is 4.90 Å². The molecule has 2 aliphatic heterocycles. The molecule has 98 valence electrons. The summed E-state index contributed by atoms with van der Waals surface area (Å²) in [6.07, 6.45) is 2.58. The number of rotatable bonds is 1. The molecule has 1 aromatic carbocycles. The minimum atomic E-state index is 0.507. The van der Waals surface area contributed by atoms with Crippen molar-refractivity contribution in [2.45, 2.75) is 24.8 Å². The Morgan fingerprint density at radius 3 is 2.89 bits per heavy atom. The summed E-state index contributed by atoms with van der Waals surface area (Å²) in [6, 6.07) is 11.5. The van der Waals surface area contributed by atoms with Crippen molar-refractivity contribution in [3.63, 3.8) is 0 Å². The van der Waals surface area contributed by atoms with Crippen LogP contribution in [0, 0.1) is 0 Å². The second-order valence-corrected chi connectivity index (χ2v) is 6.50. The number of fused-ring (bicyclic) bond motifs is 3. The fourth-order valence-corrected chi connectivity index (χ4v) is 4.79. The van der Waals surface area contributed by atoms with Crippen LogP contribution in [0.3, 0.4) is 0 Å². The first kappa shape index (κ1) is 11.5. The average molecular weight is 270 g/mol. The summed E-state index contributed by atoms with van der Waals surface area (Å²) in [6.45, 7) is 2.38. The van der Waals surface area contributed by atoms with E-state index in [4.69, 9.17) is 5.73 Å². The van der Waals surface area contributed by atoms with Crippen LogP contribution in [-0.4, -0.2) is 18.0 Å². The highest BCUT2D eigenvalue weighted by atomic mass is 32.1. The highest BCUT2D eigenvalue weighted by Crippen LogP contribution is 2.49. The maximum absolute atomic E-state index is 6.24. The van der Waals surface area contributed by atoms with Gasteiger partial charge < -0.3 is 5.73 Å². The number of hydrogen-bond donors (Lipinski definition) is 1. The molecule has 0 saturated carbocycles. The number of benzene rings is 1. The number of nitrogens with zero attached hydrogens (tertiary/aromatic N) is 1. The lowest BCUT2D eigenvalue weighted by atomic mass is 9.87. The van der Waals surface area contributed by atoms with Gasteiger partial charge in [0.05, 0.1) is 0 Å². The minimum absolute atomic E-state index is 0.507. The number of thiophene rings is 1. The van der Waals surface area contributed by atoms with Crippen molar-refractivity contribution < 1.29 is 0 Å². The lowest BCUT2D eigenvalue weighted by Crippen LogP contribution is -2.33. The van der Waals surface area contributed by atoms with Gasteiger partial charge in [-0.05, 0) is 24.9 Å². The van der Waals surface area contributed by atoms with Gasteiger partial charge in [0.25, 0.3) is 0 Å². The zero-order valence-corrected chi connectivity index (χ0v) is 11.7. The Morgan fingerprint density at radius 1 is 1.21 bits per heavy atom. The van der Waals surface area contributed by atoms with Gasteiger partial charge in [-0.2, -0.15) is 0 Å². The van der Waals surface area contributed by atoms with Crippen LogP contribution < -0.4 is 5.73 Å². The molecule has 0 aliphatic carbocycles. The Morgan fingerprint density at radius 2 is 2.05 bits per heavy atom. The van der Waals surface area contributed by atoms with Crippen LogP contribution in [0.2, 0.25) is 0 Å². The lowest BCUT2D eigenvalue weighted by molar-refractivity contribution is 0.233. The number of nitrogens with two attached hydrogens (primary N) is 1. The third-order valence-corrected chi connectivity index (χ3v) is 5.65. The van der Waals surface area contributed by atoms with E-state index in [2.05, 4.69) is 40.6 Å². The summed E-state index contributed by atoms with van der Waals surface area (Å²) in [4.78, 5) is 4.13. The Bertz CT molecular complexity index is 590. The molecule has 19 heavy (non-hydrogen) atoms. The zero-order chi connectivity index (χ0) is 12.8. The molecule has 2 nitrogen and oxygen atoms in total. The van der Waals surface area contributed by atoms with Gasteiger partial charge in [-0.25, -0.2) is 0 Å². The molecule has 4 rings (SSSR count). The predicted molar refractivity (Wildman–Crippen MR) is 80.6 cm³/mol. The molecule has 2 aliphatic rings. The van der Waals surface area contributed by atoms with Gasteiger partial charge in [0.2, 0.25) is 0 Å². The first-order valence-corrected chi connectivity index (χ1v) is 7.88. The van der Waals surface area contributed by atoms with E-state index in [1.807, 2.05) is 11.3 Å². The Labute approximate surface area is 117 Å². The standard InChI is InChI=1S/C16H18N2S/c17-13-10-19-16-12(11-5-2-1-3-6-11)9-18-8-4-7-14(18)15(13)16/h1-3,5-6,10,12,14H,4,7-9,17H2. The molecular formula is C16H18N2S. The average Bonchev–Trinajstić information content (AvgIpc) is 3.05. The molecule has 0 amide bonds. The molecule has 0 spiro atoms. The first-order chi connectivity index (χ1) is 9.34. The Balaban J connectivity index is 1.84. The molecule has 2 aromatic rings. The monoisotopic (exact) mass is 270 g/mol. The van der Waals surface area contributed by atoms with Crippen molar-refractivity contribution in [2.75, 3.05) is 18.8 Å². The Hall–Kier alpha value is -1.32. The maximum Gasteiger partial charge on any atom is 0.0474 e. The summed E-state index contributed by atoms with van der Waals surface area (Å²) in [5.74, 6) is 0.507. The zero-order valence-electron chi connectivity index (χ0n) is 10.9. The van der Waals surface area contributed by atoms with Crippen LogP contribution in [0.4, 0.5) is 5.69 Å². The van der Waals surface area contributed by atoms with Gasteiger partial charge in [0.15, 0.2) is 0 Å². The van der Waals surface area contributed by atoms with Crippen molar-refractivity contribution in [3.05, 3.63) is 51.7 Å². The fraction of sp³-hybridized carbons (Fsp3) is 0.375. The first-order valence-electron chi connectivity index (χ1n) is 7.00. The van der Waals surface area contributed by atoms with Crippen LogP contribution in [0.5, 0.6) is 0 Å². The molecule has 2 atom stereocenters.